The first kappa shape index (κ1) is 15.7. The first-order valence-corrected chi connectivity index (χ1v) is 6.28. The summed E-state index contributed by atoms with van der Waals surface area (Å²) in [6, 6.07) is 3.20. The molecule has 0 atom stereocenters. The molecule has 1 aromatic rings. The van der Waals surface area contributed by atoms with Crippen LogP contribution < -0.4 is 10.6 Å². The molecule has 0 spiro atoms. The highest BCUT2D eigenvalue weighted by Gasteiger charge is 2.08. The number of aliphatic hydroxyl groups excluding tert-OH is 1. The van der Waals surface area contributed by atoms with Gasteiger partial charge in [0, 0.05) is 24.7 Å². The topological polar surface area (TPSA) is 91.3 Å². The van der Waals surface area contributed by atoms with Gasteiger partial charge in [-0.25, -0.2) is 4.98 Å². The average molecular weight is 275 g/mol. The van der Waals surface area contributed by atoms with Gasteiger partial charge in [-0.1, -0.05) is 11.8 Å². The molecule has 20 heavy (non-hydrogen) atoms. The predicted molar refractivity (Wildman–Crippen MR) is 73.8 cm³/mol. The molecule has 0 bridgehead atoms. The monoisotopic (exact) mass is 275 g/mol. The molecule has 0 unspecified atom stereocenters. The van der Waals surface area contributed by atoms with Crippen molar-refractivity contribution in [1.29, 1.82) is 0 Å². The van der Waals surface area contributed by atoms with Crippen LogP contribution in [0, 0.1) is 11.8 Å². The Morgan fingerprint density at radius 2 is 2.15 bits per heavy atom. The quantitative estimate of drug-likeness (QED) is 0.642. The lowest BCUT2D eigenvalue weighted by molar-refractivity contribution is -0.120. The predicted octanol–water partition coefficient (Wildman–Crippen LogP) is -0.319. The number of amides is 2. The van der Waals surface area contributed by atoms with Crippen molar-refractivity contribution in [3.8, 4) is 11.8 Å². The zero-order valence-electron chi connectivity index (χ0n) is 11.3. The second-order valence-corrected chi connectivity index (χ2v) is 3.84. The second kappa shape index (κ2) is 8.67. The van der Waals surface area contributed by atoms with Crippen LogP contribution in [0.1, 0.15) is 29.4 Å². The molecule has 2 amide bonds. The van der Waals surface area contributed by atoms with Gasteiger partial charge in [-0.2, -0.15) is 0 Å². The van der Waals surface area contributed by atoms with Crippen LogP contribution in [0.5, 0.6) is 0 Å². The lowest BCUT2D eigenvalue weighted by Gasteiger charge is -2.04. The van der Waals surface area contributed by atoms with Gasteiger partial charge in [0.2, 0.25) is 5.91 Å². The van der Waals surface area contributed by atoms with Gasteiger partial charge in [-0.15, -0.1) is 0 Å². The SMILES string of the molecule is CCNC(=O)CNC(=O)c1ccc(C#CCCO)cn1. The van der Waals surface area contributed by atoms with Crippen molar-refractivity contribution in [2.24, 2.45) is 0 Å². The van der Waals surface area contributed by atoms with Gasteiger partial charge in [-0.05, 0) is 19.1 Å². The summed E-state index contributed by atoms with van der Waals surface area (Å²) in [6.45, 7) is 2.26. The number of aromatic nitrogens is 1. The summed E-state index contributed by atoms with van der Waals surface area (Å²) in [5.41, 5.74) is 0.890. The molecule has 3 N–H and O–H groups in total. The minimum atomic E-state index is -0.411. The minimum Gasteiger partial charge on any atom is -0.395 e. The van der Waals surface area contributed by atoms with Crippen LogP contribution in [-0.4, -0.2) is 41.6 Å². The Morgan fingerprint density at radius 3 is 2.75 bits per heavy atom. The first-order chi connectivity index (χ1) is 9.67. The highest BCUT2D eigenvalue weighted by atomic mass is 16.2. The molecular weight excluding hydrogens is 258 g/mol. The fourth-order valence-electron chi connectivity index (χ4n) is 1.33. The van der Waals surface area contributed by atoms with E-state index in [0.29, 0.717) is 18.5 Å². The second-order valence-electron chi connectivity index (χ2n) is 3.84. The number of nitrogens with one attached hydrogen (secondary N) is 2. The fraction of sp³-hybridized carbons (Fsp3) is 0.357. The summed E-state index contributed by atoms with van der Waals surface area (Å²) in [6.07, 6.45) is 1.88. The number of aliphatic hydroxyl groups is 1. The molecule has 6 heteroatoms. The highest BCUT2D eigenvalue weighted by Crippen LogP contribution is 1.99. The Hall–Kier alpha value is -2.39. The van der Waals surface area contributed by atoms with Crippen LogP contribution >= 0.6 is 0 Å². The van der Waals surface area contributed by atoms with Crippen molar-refractivity contribution in [1.82, 2.24) is 15.6 Å². The number of pyridine rings is 1. The van der Waals surface area contributed by atoms with Crippen molar-refractivity contribution in [2.75, 3.05) is 19.7 Å². The standard InChI is InChI=1S/C14H17N3O3/c1-2-15-13(19)10-17-14(20)12-7-6-11(9-16-12)5-3-4-8-18/h6-7,9,18H,2,4,8,10H2,1H3,(H,15,19)(H,17,20). The Bertz CT molecular complexity index is 515. The largest absolute Gasteiger partial charge is 0.395 e. The third-order valence-corrected chi connectivity index (χ3v) is 2.25. The van der Waals surface area contributed by atoms with Gasteiger partial charge >= 0.3 is 0 Å². The Balaban J connectivity index is 2.54. The molecule has 106 valence electrons. The molecule has 0 radical (unpaired) electrons. The number of carbonyl (C=O) groups is 2. The van der Waals surface area contributed by atoms with Gasteiger partial charge < -0.3 is 15.7 Å². The smallest absolute Gasteiger partial charge is 0.270 e. The van der Waals surface area contributed by atoms with Crippen molar-refractivity contribution < 1.29 is 14.7 Å². The van der Waals surface area contributed by atoms with Crippen LogP contribution in [-0.2, 0) is 4.79 Å². The van der Waals surface area contributed by atoms with E-state index in [0.717, 1.165) is 0 Å². The molecule has 0 fully saturated rings. The van der Waals surface area contributed by atoms with Crippen molar-refractivity contribution in [2.45, 2.75) is 13.3 Å². The summed E-state index contributed by atoms with van der Waals surface area (Å²) < 4.78 is 0. The van der Waals surface area contributed by atoms with Crippen LogP contribution in [0.15, 0.2) is 18.3 Å². The van der Waals surface area contributed by atoms with Crippen LogP contribution in [0.4, 0.5) is 0 Å². The zero-order chi connectivity index (χ0) is 14.8. The molecule has 0 aliphatic rings. The Kier molecular flexibility index (Phi) is 6.79. The highest BCUT2D eigenvalue weighted by molar-refractivity contribution is 5.94. The van der Waals surface area contributed by atoms with Crippen molar-refractivity contribution >= 4 is 11.8 Å². The fourth-order valence-corrected chi connectivity index (χ4v) is 1.33. The maximum Gasteiger partial charge on any atom is 0.270 e. The number of hydrogen-bond donors (Lipinski definition) is 3. The van der Waals surface area contributed by atoms with E-state index >= 15 is 0 Å². The number of likely N-dealkylation sites (N-methyl/N-ethyl adjacent to an activating group) is 1. The lowest BCUT2D eigenvalue weighted by Crippen LogP contribution is -2.37. The molecule has 0 saturated carbocycles. The minimum absolute atomic E-state index is 0.0146. The summed E-state index contributed by atoms with van der Waals surface area (Å²) in [5.74, 6) is 4.92. The Labute approximate surface area is 117 Å². The van der Waals surface area contributed by atoms with E-state index in [1.807, 2.05) is 0 Å². The van der Waals surface area contributed by atoms with E-state index in [9.17, 15) is 9.59 Å². The van der Waals surface area contributed by atoms with Crippen molar-refractivity contribution in [3.63, 3.8) is 0 Å². The first-order valence-electron chi connectivity index (χ1n) is 6.28. The van der Waals surface area contributed by atoms with Crippen LogP contribution in [0.2, 0.25) is 0 Å². The molecular formula is C14H17N3O3. The van der Waals surface area contributed by atoms with E-state index in [1.54, 1.807) is 13.0 Å². The normalized spacial score (nSPS) is 9.30. The summed E-state index contributed by atoms with van der Waals surface area (Å²) in [4.78, 5) is 26.9. The third kappa shape index (κ3) is 5.50. The van der Waals surface area contributed by atoms with E-state index in [-0.39, 0.29) is 24.8 Å². The molecule has 0 aromatic carbocycles. The maximum atomic E-state index is 11.7. The molecule has 1 aromatic heterocycles. The lowest BCUT2D eigenvalue weighted by atomic mass is 10.2. The molecule has 1 rings (SSSR count). The van der Waals surface area contributed by atoms with Crippen LogP contribution in [0.3, 0.4) is 0 Å². The number of rotatable bonds is 5. The molecule has 0 aliphatic carbocycles. The van der Waals surface area contributed by atoms with E-state index < -0.39 is 5.91 Å². The van der Waals surface area contributed by atoms with E-state index in [2.05, 4.69) is 27.5 Å². The summed E-state index contributed by atoms with van der Waals surface area (Å²) in [7, 11) is 0. The van der Waals surface area contributed by atoms with Gasteiger partial charge in [0.15, 0.2) is 0 Å². The Morgan fingerprint density at radius 1 is 1.35 bits per heavy atom. The molecule has 1 heterocycles. The average Bonchev–Trinajstić information content (AvgIpc) is 2.46. The van der Waals surface area contributed by atoms with E-state index in [4.69, 9.17) is 5.11 Å². The zero-order valence-corrected chi connectivity index (χ0v) is 11.3. The van der Waals surface area contributed by atoms with Crippen molar-refractivity contribution in [3.05, 3.63) is 29.6 Å². The van der Waals surface area contributed by atoms with Gasteiger partial charge in [0.1, 0.15) is 5.69 Å². The number of hydrogen-bond acceptors (Lipinski definition) is 4. The van der Waals surface area contributed by atoms with E-state index in [1.165, 1.54) is 12.3 Å². The van der Waals surface area contributed by atoms with Gasteiger partial charge in [0.25, 0.3) is 5.91 Å². The van der Waals surface area contributed by atoms with Gasteiger partial charge in [0.05, 0.1) is 13.2 Å². The summed E-state index contributed by atoms with van der Waals surface area (Å²) in [5, 5.41) is 13.6. The third-order valence-electron chi connectivity index (χ3n) is 2.25. The number of carbonyl (C=O) groups excluding carboxylic acids is 2. The summed E-state index contributed by atoms with van der Waals surface area (Å²) >= 11 is 0. The molecule has 6 nitrogen and oxygen atoms in total. The molecule has 0 aliphatic heterocycles. The molecule has 0 saturated heterocycles. The number of nitrogens with zero attached hydrogens (tertiary/aromatic N) is 1. The van der Waals surface area contributed by atoms with Gasteiger partial charge in [-0.3, -0.25) is 9.59 Å². The maximum absolute atomic E-state index is 11.7. The van der Waals surface area contributed by atoms with Crippen LogP contribution in [0.25, 0.3) is 0 Å².